The van der Waals surface area contributed by atoms with Gasteiger partial charge in [-0.05, 0) is 35.9 Å². The van der Waals surface area contributed by atoms with Crippen LogP contribution in [-0.2, 0) is 11.8 Å². The molecular weight excluding hydrogens is 348 g/mol. The van der Waals surface area contributed by atoms with Crippen molar-refractivity contribution in [1.29, 1.82) is 0 Å². The fourth-order valence-electron chi connectivity index (χ4n) is 2.51. The fraction of sp³-hybridized carbons (Fsp3) is 0.368. The van der Waals surface area contributed by atoms with Crippen molar-refractivity contribution in [3.8, 4) is 5.75 Å². The van der Waals surface area contributed by atoms with E-state index in [1.54, 1.807) is 19.2 Å². The fourth-order valence-corrected chi connectivity index (χ4v) is 2.51. The van der Waals surface area contributed by atoms with Gasteiger partial charge in [0.2, 0.25) is 0 Å². The van der Waals surface area contributed by atoms with Gasteiger partial charge in [-0.1, -0.05) is 36.4 Å². The van der Waals surface area contributed by atoms with Gasteiger partial charge in [-0.2, -0.15) is 0 Å². The molecule has 1 heterocycles. The standard InChI is InChI=1S/C19H24N4O4/c1-12-5-8-17(14(3)9-12)27-18(26)11-16(25)10-15(24)7-6-13(2)19-20-21-22-23(19)4/h5-9,15-16,24-25H,2,10-11H2,1,3-4H3. The molecule has 2 unspecified atom stereocenters. The van der Waals surface area contributed by atoms with Crippen LogP contribution >= 0.6 is 0 Å². The minimum Gasteiger partial charge on any atom is -0.426 e. The highest BCUT2D eigenvalue weighted by Crippen LogP contribution is 2.20. The van der Waals surface area contributed by atoms with Gasteiger partial charge in [-0.3, -0.25) is 4.79 Å². The predicted octanol–water partition coefficient (Wildman–Crippen LogP) is 1.50. The second-order valence-corrected chi connectivity index (χ2v) is 6.41. The molecule has 0 bridgehead atoms. The van der Waals surface area contributed by atoms with Crippen LogP contribution in [0.15, 0.2) is 36.9 Å². The first-order valence-corrected chi connectivity index (χ1v) is 8.50. The van der Waals surface area contributed by atoms with Gasteiger partial charge >= 0.3 is 5.97 Å². The van der Waals surface area contributed by atoms with Crippen molar-refractivity contribution in [3.05, 3.63) is 53.9 Å². The van der Waals surface area contributed by atoms with Gasteiger partial charge in [-0.25, -0.2) is 4.68 Å². The van der Waals surface area contributed by atoms with Gasteiger partial charge in [0, 0.05) is 19.0 Å². The lowest BCUT2D eigenvalue weighted by molar-refractivity contribution is -0.136. The van der Waals surface area contributed by atoms with E-state index in [0.717, 1.165) is 11.1 Å². The molecule has 144 valence electrons. The normalized spacial score (nSPS) is 13.5. The van der Waals surface area contributed by atoms with Crippen LogP contribution in [-0.4, -0.2) is 48.6 Å². The van der Waals surface area contributed by atoms with E-state index in [4.69, 9.17) is 4.74 Å². The quantitative estimate of drug-likeness (QED) is 0.410. The zero-order chi connectivity index (χ0) is 20.0. The maximum absolute atomic E-state index is 12.0. The Labute approximate surface area is 157 Å². The van der Waals surface area contributed by atoms with Gasteiger partial charge in [0.1, 0.15) is 5.75 Å². The number of aliphatic hydroxyl groups is 2. The average Bonchev–Trinajstić information content (AvgIpc) is 3.01. The van der Waals surface area contributed by atoms with Crippen LogP contribution in [0.25, 0.3) is 5.57 Å². The number of hydrogen-bond acceptors (Lipinski definition) is 7. The molecule has 2 atom stereocenters. The topological polar surface area (TPSA) is 110 Å². The summed E-state index contributed by atoms with van der Waals surface area (Å²) in [6.07, 6.45) is 0.821. The zero-order valence-electron chi connectivity index (χ0n) is 15.7. The minimum atomic E-state index is -1.03. The van der Waals surface area contributed by atoms with E-state index in [-0.39, 0.29) is 12.8 Å². The van der Waals surface area contributed by atoms with Crippen molar-refractivity contribution in [2.75, 3.05) is 0 Å². The highest BCUT2D eigenvalue weighted by atomic mass is 16.5. The van der Waals surface area contributed by atoms with Crippen molar-refractivity contribution in [2.24, 2.45) is 7.05 Å². The summed E-state index contributed by atoms with van der Waals surface area (Å²) >= 11 is 0. The van der Waals surface area contributed by atoms with Crippen molar-refractivity contribution in [2.45, 2.75) is 38.9 Å². The summed E-state index contributed by atoms with van der Waals surface area (Å²) in [5.41, 5.74) is 2.43. The lowest BCUT2D eigenvalue weighted by atomic mass is 10.1. The smallest absolute Gasteiger partial charge is 0.313 e. The maximum atomic E-state index is 12.0. The first-order chi connectivity index (χ1) is 12.8. The SMILES string of the molecule is C=C(C=CC(O)CC(O)CC(=O)Oc1ccc(C)cc1C)c1nnnn1C. The molecule has 27 heavy (non-hydrogen) atoms. The molecule has 0 aliphatic rings. The Morgan fingerprint density at radius 1 is 1.37 bits per heavy atom. The lowest BCUT2D eigenvalue weighted by Crippen LogP contribution is -2.22. The highest BCUT2D eigenvalue weighted by Gasteiger charge is 2.17. The lowest BCUT2D eigenvalue weighted by Gasteiger charge is -2.13. The van der Waals surface area contributed by atoms with E-state index in [9.17, 15) is 15.0 Å². The molecule has 0 aliphatic heterocycles. The number of benzene rings is 1. The van der Waals surface area contributed by atoms with Gasteiger partial charge in [0.25, 0.3) is 0 Å². The summed E-state index contributed by atoms with van der Waals surface area (Å²) in [5.74, 6) is 0.378. The van der Waals surface area contributed by atoms with E-state index < -0.39 is 18.2 Å². The number of nitrogens with zero attached hydrogens (tertiary/aromatic N) is 4. The average molecular weight is 372 g/mol. The van der Waals surface area contributed by atoms with Gasteiger partial charge in [0.15, 0.2) is 5.82 Å². The van der Waals surface area contributed by atoms with Gasteiger partial charge in [0.05, 0.1) is 18.6 Å². The summed E-state index contributed by atoms with van der Waals surface area (Å²) in [6.45, 7) is 7.62. The van der Waals surface area contributed by atoms with Crippen LogP contribution < -0.4 is 4.74 Å². The van der Waals surface area contributed by atoms with Crippen molar-refractivity contribution in [3.63, 3.8) is 0 Å². The molecule has 2 rings (SSSR count). The second-order valence-electron chi connectivity index (χ2n) is 6.41. The van der Waals surface area contributed by atoms with Crippen molar-refractivity contribution >= 4 is 11.5 Å². The minimum absolute atomic E-state index is 0.0111. The van der Waals surface area contributed by atoms with Crippen molar-refractivity contribution < 1.29 is 19.7 Å². The first kappa shape index (κ1) is 20.5. The number of carbonyl (C=O) groups is 1. The molecule has 0 saturated carbocycles. The summed E-state index contributed by atoms with van der Waals surface area (Å²) in [6, 6.07) is 5.48. The number of tetrazole rings is 1. The molecule has 0 radical (unpaired) electrons. The number of aromatic nitrogens is 4. The Hall–Kier alpha value is -2.84. The molecule has 2 N–H and O–H groups in total. The zero-order valence-corrected chi connectivity index (χ0v) is 15.7. The van der Waals surface area contributed by atoms with Crippen LogP contribution in [0, 0.1) is 13.8 Å². The molecule has 8 nitrogen and oxygen atoms in total. The van der Waals surface area contributed by atoms with E-state index in [1.807, 2.05) is 26.0 Å². The van der Waals surface area contributed by atoms with E-state index in [1.165, 1.54) is 10.8 Å². The second kappa shape index (κ2) is 9.20. The number of ether oxygens (including phenoxy) is 1. The number of aliphatic hydroxyl groups excluding tert-OH is 2. The summed E-state index contributed by atoms with van der Waals surface area (Å²) in [4.78, 5) is 12.0. The van der Waals surface area contributed by atoms with Crippen LogP contribution in [0.2, 0.25) is 0 Å². The number of hydrogen-bond donors (Lipinski definition) is 2. The number of carbonyl (C=O) groups excluding carboxylic acids is 1. The third-order valence-electron chi connectivity index (χ3n) is 3.90. The largest absolute Gasteiger partial charge is 0.426 e. The Morgan fingerprint density at radius 3 is 2.74 bits per heavy atom. The molecular formula is C19H24N4O4. The number of allylic oxidation sites excluding steroid dienone is 2. The maximum Gasteiger partial charge on any atom is 0.313 e. The van der Waals surface area contributed by atoms with Crippen LogP contribution in [0.4, 0.5) is 0 Å². The van der Waals surface area contributed by atoms with Crippen LogP contribution in [0.5, 0.6) is 5.75 Å². The van der Waals surface area contributed by atoms with E-state index >= 15 is 0 Å². The van der Waals surface area contributed by atoms with Crippen LogP contribution in [0.1, 0.15) is 29.8 Å². The summed E-state index contributed by atoms with van der Waals surface area (Å²) < 4.78 is 6.73. The van der Waals surface area contributed by atoms with E-state index in [0.29, 0.717) is 17.1 Å². The predicted molar refractivity (Wildman–Crippen MR) is 99.8 cm³/mol. The molecule has 1 aromatic heterocycles. The highest BCUT2D eigenvalue weighted by molar-refractivity contribution is 5.73. The van der Waals surface area contributed by atoms with E-state index in [2.05, 4.69) is 22.1 Å². The Morgan fingerprint density at radius 2 is 2.11 bits per heavy atom. The number of rotatable bonds is 8. The first-order valence-electron chi connectivity index (χ1n) is 8.50. The van der Waals surface area contributed by atoms with Crippen LogP contribution in [0.3, 0.4) is 0 Å². The Balaban J connectivity index is 1.82. The molecule has 8 heteroatoms. The molecule has 0 spiro atoms. The molecule has 1 aromatic carbocycles. The van der Waals surface area contributed by atoms with Gasteiger partial charge in [-0.15, -0.1) is 5.10 Å². The molecule has 0 fully saturated rings. The molecule has 0 aliphatic carbocycles. The third kappa shape index (κ3) is 6.12. The molecule has 0 amide bonds. The monoisotopic (exact) mass is 372 g/mol. The molecule has 2 aromatic rings. The summed E-state index contributed by atoms with van der Waals surface area (Å²) in [7, 11) is 1.68. The number of aryl methyl sites for hydroxylation is 3. The Bertz CT molecular complexity index is 844. The summed E-state index contributed by atoms with van der Waals surface area (Å²) in [5, 5.41) is 31.0. The third-order valence-corrected chi connectivity index (χ3v) is 3.90. The molecule has 0 saturated heterocycles. The van der Waals surface area contributed by atoms with Gasteiger partial charge < -0.3 is 14.9 Å². The van der Waals surface area contributed by atoms with Crippen molar-refractivity contribution in [1.82, 2.24) is 20.2 Å². The number of esters is 1. The Kier molecular flexibility index (Phi) is 6.98.